The Labute approximate surface area is 114 Å². The molecule has 0 atom stereocenters. The van der Waals surface area contributed by atoms with Crippen LogP contribution in [0, 0.1) is 5.41 Å². The van der Waals surface area contributed by atoms with Crippen LogP contribution in [0.2, 0.25) is 0 Å². The maximum absolute atomic E-state index is 10.6. The number of carboxylic acid groups (broad SMARTS) is 1. The number of nitrogens with zero attached hydrogens (tertiary/aromatic N) is 1. The number of carbonyl (C=O) groups is 1. The molecule has 0 unspecified atom stereocenters. The summed E-state index contributed by atoms with van der Waals surface area (Å²) < 4.78 is 0. The van der Waals surface area contributed by atoms with Crippen LogP contribution < -0.4 is 4.90 Å². The molecule has 1 heterocycles. The Bertz CT molecular complexity index is 481. The lowest BCUT2D eigenvalue weighted by molar-refractivity contribution is -0.131. The minimum atomic E-state index is -0.908. The highest BCUT2D eigenvalue weighted by Crippen LogP contribution is 2.33. The third-order valence-electron chi connectivity index (χ3n) is 3.80. The van der Waals surface area contributed by atoms with Crippen molar-refractivity contribution in [3.63, 3.8) is 0 Å². The number of anilines is 1. The van der Waals surface area contributed by atoms with Crippen molar-refractivity contribution in [2.75, 3.05) is 18.0 Å². The van der Waals surface area contributed by atoms with Gasteiger partial charge in [0.15, 0.2) is 0 Å². The molecule has 0 aliphatic carbocycles. The average molecular weight is 259 g/mol. The molecule has 2 rings (SSSR count). The van der Waals surface area contributed by atoms with Crippen LogP contribution in [0.25, 0.3) is 6.08 Å². The van der Waals surface area contributed by atoms with E-state index in [1.54, 1.807) is 6.08 Å². The molecule has 1 aromatic carbocycles. The lowest BCUT2D eigenvalue weighted by Crippen LogP contribution is -2.37. The number of hydrogen-bond acceptors (Lipinski definition) is 2. The fourth-order valence-corrected chi connectivity index (χ4v) is 2.43. The molecule has 0 radical (unpaired) electrons. The van der Waals surface area contributed by atoms with Crippen LogP contribution in [-0.2, 0) is 4.79 Å². The van der Waals surface area contributed by atoms with Gasteiger partial charge in [-0.25, -0.2) is 4.79 Å². The largest absolute Gasteiger partial charge is 0.478 e. The first-order valence-corrected chi connectivity index (χ1v) is 6.73. The number of rotatable bonds is 3. The summed E-state index contributed by atoms with van der Waals surface area (Å²) in [6, 6.07) is 7.99. The monoisotopic (exact) mass is 259 g/mol. The van der Waals surface area contributed by atoms with Crippen molar-refractivity contribution in [3.8, 4) is 0 Å². The normalized spacial score (nSPS) is 18.7. The second kappa shape index (κ2) is 5.47. The van der Waals surface area contributed by atoms with E-state index in [9.17, 15) is 4.79 Å². The Morgan fingerprint density at radius 2 is 1.89 bits per heavy atom. The van der Waals surface area contributed by atoms with Crippen LogP contribution in [0.15, 0.2) is 30.3 Å². The first-order valence-electron chi connectivity index (χ1n) is 6.73. The van der Waals surface area contributed by atoms with Crippen molar-refractivity contribution >= 4 is 17.7 Å². The predicted octanol–water partition coefficient (Wildman–Crippen LogP) is 3.41. The van der Waals surface area contributed by atoms with Crippen molar-refractivity contribution in [1.82, 2.24) is 0 Å². The lowest BCUT2D eigenvalue weighted by atomic mass is 9.82. The van der Waals surface area contributed by atoms with Crippen LogP contribution in [0.4, 0.5) is 5.69 Å². The second-order valence-corrected chi connectivity index (χ2v) is 5.88. The number of benzene rings is 1. The zero-order chi connectivity index (χ0) is 13.9. The van der Waals surface area contributed by atoms with E-state index in [0.717, 1.165) is 24.3 Å². The summed E-state index contributed by atoms with van der Waals surface area (Å²) in [4.78, 5) is 13.0. The van der Waals surface area contributed by atoms with E-state index in [-0.39, 0.29) is 0 Å². The van der Waals surface area contributed by atoms with Crippen molar-refractivity contribution < 1.29 is 9.90 Å². The molecule has 3 nitrogen and oxygen atoms in total. The molecular weight excluding hydrogens is 238 g/mol. The van der Waals surface area contributed by atoms with Crippen molar-refractivity contribution in [3.05, 3.63) is 35.9 Å². The minimum absolute atomic E-state index is 0.419. The van der Waals surface area contributed by atoms with Crippen molar-refractivity contribution in [2.45, 2.75) is 26.7 Å². The van der Waals surface area contributed by atoms with E-state index in [1.165, 1.54) is 18.9 Å². The third kappa shape index (κ3) is 3.60. The molecule has 0 spiro atoms. The maximum Gasteiger partial charge on any atom is 0.328 e. The Morgan fingerprint density at radius 3 is 2.53 bits per heavy atom. The van der Waals surface area contributed by atoms with Gasteiger partial charge in [0, 0.05) is 24.9 Å². The molecular formula is C16H21NO2. The summed E-state index contributed by atoms with van der Waals surface area (Å²) in [7, 11) is 0. The summed E-state index contributed by atoms with van der Waals surface area (Å²) >= 11 is 0. The molecule has 1 saturated heterocycles. The van der Waals surface area contributed by atoms with Gasteiger partial charge in [0.2, 0.25) is 0 Å². The molecule has 1 fully saturated rings. The van der Waals surface area contributed by atoms with Gasteiger partial charge in [0.1, 0.15) is 0 Å². The number of carboxylic acids is 1. The van der Waals surface area contributed by atoms with Crippen molar-refractivity contribution in [2.24, 2.45) is 5.41 Å². The quantitative estimate of drug-likeness (QED) is 0.846. The zero-order valence-corrected chi connectivity index (χ0v) is 11.6. The third-order valence-corrected chi connectivity index (χ3v) is 3.80. The van der Waals surface area contributed by atoms with Gasteiger partial charge in [-0.3, -0.25) is 0 Å². The van der Waals surface area contributed by atoms with Crippen molar-refractivity contribution in [1.29, 1.82) is 0 Å². The van der Waals surface area contributed by atoms with E-state index in [4.69, 9.17) is 5.11 Å². The van der Waals surface area contributed by atoms with Gasteiger partial charge >= 0.3 is 5.97 Å². The molecule has 0 saturated carbocycles. The van der Waals surface area contributed by atoms with Crippen LogP contribution >= 0.6 is 0 Å². The van der Waals surface area contributed by atoms with E-state index in [0.29, 0.717) is 5.41 Å². The number of piperidine rings is 1. The van der Waals surface area contributed by atoms with E-state index < -0.39 is 5.97 Å². The molecule has 0 bridgehead atoms. The molecule has 102 valence electrons. The zero-order valence-electron chi connectivity index (χ0n) is 11.6. The Morgan fingerprint density at radius 1 is 1.26 bits per heavy atom. The Hall–Kier alpha value is -1.77. The van der Waals surface area contributed by atoms with Crippen LogP contribution in [-0.4, -0.2) is 24.2 Å². The number of para-hydroxylation sites is 1. The molecule has 0 amide bonds. The van der Waals surface area contributed by atoms with Gasteiger partial charge in [-0.2, -0.15) is 0 Å². The topological polar surface area (TPSA) is 40.5 Å². The smallest absolute Gasteiger partial charge is 0.328 e. The van der Waals surface area contributed by atoms with Crippen LogP contribution in [0.1, 0.15) is 32.3 Å². The molecule has 1 N–H and O–H groups in total. The van der Waals surface area contributed by atoms with Crippen LogP contribution in [0.5, 0.6) is 0 Å². The van der Waals surface area contributed by atoms with Crippen LogP contribution in [0.3, 0.4) is 0 Å². The summed E-state index contributed by atoms with van der Waals surface area (Å²) in [6.07, 6.45) is 5.22. The molecule has 1 aliphatic rings. The fourth-order valence-electron chi connectivity index (χ4n) is 2.43. The molecule has 3 heteroatoms. The summed E-state index contributed by atoms with van der Waals surface area (Å²) in [6.45, 7) is 6.68. The first-order chi connectivity index (χ1) is 8.98. The summed E-state index contributed by atoms with van der Waals surface area (Å²) in [5, 5.41) is 8.74. The van der Waals surface area contributed by atoms with Gasteiger partial charge in [0.05, 0.1) is 0 Å². The molecule has 1 aliphatic heterocycles. The highest BCUT2D eigenvalue weighted by Gasteiger charge is 2.25. The van der Waals surface area contributed by atoms with Gasteiger partial charge in [-0.15, -0.1) is 0 Å². The average Bonchev–Trinajstić information content (AvgIpc) is 2.37. The second-order valence-electron chi connectivity index (χ2n) is 5.88. The fraction of sp³-hybridized carbons (Fsp3) is 0.438. The van der Waals surface area contributed by atoms with Gasteiger partial charge in [-0.1, -0.05) is 32.0 Å². The highest BCUT2D eigenvalue weighted by molar-refractivity contribution is 5.87. The molecule has 1 aromatic rings. The van der Waals surface area contributed by atoms with E-state index in [2.05, 4.69) is 24.8 Å². The lowest BCUT2D eigenvalue weighted by Gasteiger charge is -2.38. The summed E-state index contributed by atoms with van der Waals surface area (Å²) in [5.74, 6) is -0.908. The molecule has 0 aromatic heterocycles. The van der Waals surface area contributed by atoms with E-state index >= 15 is 0 Å². The minimum Gasteiger partial charge on any atom is -0.478 e. The predicted molar refractivity (Wildman–Crippen MR) is 78.3 cm³/mol. The van der Waals surface area contributed by atoms with E-state index in [1.807, 2.05) is 18.2 Å². The first kappa shape index (κ1) is 13.7. The Kier molecular flexibility index (Phi) is 3.93. The molecule has 19 heavy (non-hydrogen) atoms. The standard InChI is InChI=1S/C16H21NO2/c1-16(2)9-11-17(12-10-16)14-6-4-3-5-13(14)7-8-15(18)19/h3-8H,9-12H2,1-2H3,(H,18,19)/b8-7+. The summed E-state index contributed by atoms with van der Waals surface area (Å²) in [5.41, 5.74) is 2.53. The number of hydrogen-bond donors (Lipinski definition) is 1. The maximum atomic E-state index is 10.6. The Balaban J connectivity index is 2.18. The SMILES string of the molecule is CC1(C)CCN(c2ccccc2/C=C/C(=O)O)CC1. The highest BCUT2D eigenvalue weighted by atomic mass is 16.4. The number of aliphatic carboxylic acids is 1. The van der Waals surface area contributed by atoms with Gasteiger partial charge in [0.25, 0.3) is 0 Å². The van der Waals surface area contributed by atoms with Gasteiger partial charge < -0.3 is 10.0 Å². The van der Waals surface area contributed by atoms with Gasteiger partial charge in [-0.05, 0) is 36.0 Å².